The molecule has 0 unspecified atom stereocenters. The number of thioether (sulfide) groups is 1. The third-order valence-corrected chi connectivity index (χ3v) is 4.03. The SMILES string of the molecule is CN(CCOc1ccc(/C=C2/SC(=O)NC2=O)cc1)C(=O)OC(C)(C)C. The number of hydrogen-bond acceptors (Lipinski definition) is 6. The van der Waals surface area contributed by atoms with Crippen LogP contribution in [0.4, 0.5) is 9.59 Å². The topological polar surface area (TPSA) is 84.9 Å². The number of imide groups is 1. The van der Waals surface area contributed by atoms with Crippen LogP contribution in [-0.2, 0) is 9.53 Å². The summed E-state index contributed by atoms with van der Waals surface area (Å²) in [5, 5.41) is 1.84. The van der Waals surface area contributed by atoms with Gasteiger partial charge in [-0.1, -0.05) is 12.1 Å². The van der Waals surface area contributed by atoms with Crippen LogP contribution < -0.4 is 10.1 Å². The van der Waals surface area contributed by atoms with Crippen LogP contribution in [0.15, 0.2) is 29.2 Å². The lowest BCUT2D eigenvalue weighted by Crippen LogP contribution is -2.36. The number of carbonyl (C=O) groups is 3. The number of rotatable bonds is 5. The fourth-order valence-electron chi connectivity index (χ4n) is 1.96. The number of hydrogen-bond donors (Lipinski definition) is 1. The number of nitrogens with zero attached hydrogens (tertiary/aromatic N) is 1. The average Bonchev–Trinajstić information content (AvgIpc) is 2.84. The van der Waals surface area contributed by atoms with Gasteiger partial charge >= 0.3 is 6.09 Å². The standard InChI is InChI=1S/C18H22N2O5S/c1-18(2,3)25-17(23)20(4)9-10-24-13-7-5-12(6-8-13)11-14-15(21)19-16(22)26-14/h5-8,11H,9-10H2,1-4H3,(H,19,21,22)/b14-11+. The fourth-order valence-corrected chi connectivity index (χ4v) is 2.65. The summed E-state index contributed by atoms with van der Waals surface area (Å²) < 4.78 is 10.9. The molecule has 1 aliphatic rings. The molecule has 3 amide bonds. The van der Waals surface area contributed by atoms with Gasteiger partial charge in [0.15, 0.2) is 0 Å². The first-order valence-corrected chi connectivity index (χ1v) is 8.87. The molecule has 1 aliphatic heterocycles. The third-order valence-electron chi connectivity index (χ3n) is 3.22. The molecule has 8 heteroatoms. The van der Waals surface area contributed by atoms with Crippen molar-refractivity contribution in [2.24, 2.45) is 0 Å². The van der Waals surface area contributed by atoms with Crippen molar-refractivity contribution >= 4 is 35.1 Å². The molecule has 0 aromatic heterocycles. The van der Waals surface area contributed by atoms with Crippen LogP contribution in [-0.4, -0.2) is 47.9 Å². The minimum Gasteiger partial charge on any atom is -0.492 e. The summed E-state index contributed by atoms with van der Waals surface area (Å²) in [6.07, 6.45) is 1.25. The van der Waals surface area contributed by atoms with Crippen LogP contribution >= 0.6 is 11.8 Å². The molecule has 1 aromatic carbocycles. The van der Waals surface area contributed by atoms with E-state index >= 15 is 0 Å². The zero-order chi connectivity index (χ0) is 19.3. The normalized spacial score (nSPS) is 15.8. The largest absolute Gasteiger partial charge is 0.492 e. The van der Waals surface area contributed by atoms with E-state index in [1.54, 1.807) is 37.4 Å². The molecule has 0 spiro atoms. The van der Waals surface area contributed by atoms with Crippen molar-refractivity contribution in [2.45, 2.75) is 26.4 Å². The van der Waals surface area contributed by atoms with E-state index in [-0.39, 0.29) is 11.1 Å². The van der Waals surface area contributed by atoms with E-state index in [1.807, 2.05) is 20.8 Å². The predicted molar refractivity (Wildman–Crippen MR) is 99.9 cm³/mol. The van der Waals surface area contributed by atoms with Crippen LogP contribution in [0.3, 0.4) is 0 Å². The molecule has 1 fully saturated rings. The smallest absolute Gasteiger partial charge is 0.410 e. The van der Waals surface area contributed by atoms with Gasteiger partial charge in [-0.2, -0.15) is 0 Å². The first kappa shape index (κ1) is 19.8. The molecule has 1 saturated heterocycles. The van der Waals surface area contributed by atoms with Crippen molar-refractivity contribution < 1.29 is 23.9 Å². The average molecular weight is 378 g/mol. The van der Waals surface area contributed by atoms with Gasteiger partial charge in [0.1, 0.15) is 18.0 Å². The summed E-state index contributed by atoms with van der Waals surface area (Å²) in [5.41, 5.74) is 0.255. The maximum absolute atomic E-state index is 11.8. The van der Waals surface area contributed by atoms with Crippen molar-refractivity contribution in [1.29, 1.82) is 0 Å². The minimum atomic E-state index is -0.532. The lowest BCUT2D eigenvalue weighted by molar-refractivity contribution is -0.115. The van der Waals surface area contributed by atoms with E-state index in [0.29, 0.717) is 23.8 Å². The van der Waals surface area contributed by atoms with Gasteiger partial charge in [-0.05, 0) is 56.3 Å². The zero-order valence-corrected chi connectivity index (χ0v) is 16.0. The molecule has 1 aromatic rings. The lowest BCUT2D eigenvalue weighted by Gasteiger charge is -2.24. The van der Waals surface area contributed by atoms with Crippen molar-refractivity contribution in [3.05, 3.63) is 34.7 Å². The summed E-state index contributed by atoms with van der Waals surface area (Å²) in [7, 11) is 1.65. The molecule has 1 heterocycles. The maximum atomic E-state index is 11.8. The minimum absolute atomic E-state index is 0.322. The number of amides is 3. The Bertz CT molecular complexity index is 722. The summed E-state index contributed by atoms with van der Waals surface area (Å²) >= 11 is 0.877. The summed E-state index contributed by atoms with van der Waals surface area (Å²) in [6.45, 7) is 6.16. The molecule has 0 bridgehead atoms. The molecule has 7 nitrogen and oxygen atoms in total. The fraction of sp³-hybridized carbons (Fsp3) is 0.389. The van der Waals surface area contributed by atoms with Crippen molar-refractivity contribution in [1.82, 2.24) is 10.2 Å². The number of nitrogens with one attached hydrogen (secondary N) is 1. The van der Waals surface area contributed by atoms with E-state index in [4.69, 9.17) is 9.47 Å². The van der Waals surface area contributed by atoms with Crippen LogP contribution in [0.2, 0.25) is 0 Å². The Kier molecular flexibility index (Phi) is 6.31. The quantitative estimate of drug-likeness (QED) is 0.792. The van der Waals surface area contributed by atoms with Gasteiger partial charge < -0.3 is 14.4 Å². The summed E-state index contributed by atoms with van der Waals surface area (Å²) in [6, 6.07) is 7.10. The molecule has 2 rings (SSSR count). The predicted octanol–water partition coefficient (Wildman–Crippen LogP) is 3.26. The number of benzene rings is 1. The zero-order valence-electron chi connectivity index (χ0n) is 15.2. The van der Waals surface area contributed by atoms with Gasteiger partial charge in [-0.25, -0.2) is 4.79 Å². The van der Waals surface area contributed by atoms with Gasteiger partial charge in [0, 0.05) is 7.05 Å². The molecule has 0 radical (unpaired) electrons. The van der Waals surface area contributed by atoms with Gasteiger partial charge in [-0.3, -0.25) is 14.9 Å². The van der Waals surface area contributed by atoms with Gasteiger partial charge in [-0.15, -0.1) is 0 Å². The Hall–Kier alpha value is -2.48. The highest BCUT2D eigenvalue weighted by molar-refractivity contribution is 8.18. The molecule has 0 saturated carbocycles. The molecule has 140 valence electrons. The van der Waals surface area contributed by atoms with E-state index in [1.165, 1.54) is 4.90 Å². The Balaban J connectivity index is 1.82. The van der Waals surface area contributed by atoms with Crippen LogP contribution in [0.1, 0.15) is 26.3 Å². The second-order valence-electron chi connectivity index (χ2n) is 6.67. The maximum Gasteiger partial charge on any atom is 0.410 e. The van der Waals surface area contributed by atoms with E-state index in [2.05, 4.69) is 5.32 Å². The molecular formula is C18H22N2O5S. The van der Waals surface area contributed by atoms with Crippen molar-refractivity contribution in [3.8, 4) is 5.75 Å². The Morgan fingerprint density at radius 2 is 1.88 bits per heavy atom. The Morgan fingerprint density at radius 3 is 2.42 bits per heavy atom. The highest BCUT2D eigenvalue weighted by Gasteiger charge is 2.24. The monoisotopic (exact) mass is 378 g/mol. The summed E-state index contributed by atoms with van der Waals surface area (Å²) in [5.74, 6) is 0.259. The van der Waals surface area contributed by atoms with Crippen molar-refractivity contribution in [3.63, 3.8) is 0 Å². The highest BCUT2D eigenvalue weighted by Crippen LogP contribution is 2.26. The van der Waals surface area contributed by atoms with E-state index < -0.39 is 11.7 Å². The van der Waals surface area contributed by atoms with Gasteiger partial charge in [0.25, 0.3) is 11.1 Å². The van der Waals surface area contributed by atoms with Crippen LogP contribution in [0.5, 0.6) is 5.75 Å². The van der Waals surface area contributed by atoms with Gasteiger partial charge in [0.05, 0.1) is 11.4 Å². The second kappa shape index (κ2) is 8.27. The molecule has 26 heavy (non-hydrogen) atoms. The summed E-state index contributed by atoms with van der Waals surface area (Å²) in [4.78, 5) is 36.3. The van der Waals surface area contributed by atoms with Gasteiger partial charge in [0.2, 0.25) is 0 Å². The molecule has 1 N–H and O–H groups in total. The molecule has 0 atom stereocenters. The first-order valence-electron chi connectivity index (χ1n) is 8.06. The van der Waals surface area contributed by atoms with Crippen molar-refractivity contribution in [2.75, 3.05) is 20.2 Å². The third kappa shape index (κ3) is 6.11. The number of ether oxygens (including phenoxy) is 2. The van der Waals surface area contributed by atoms with Crippen LogP contribution in [0.25, 0.3) is 6.08 Å². The second-order valence-corrected chi connectivity index (χ2v) is 7.69. The van der Waals surface area contributed by atoms with E-state index in [0.717, 1.165) is 17.3 Å². The Labute approximate surface area is 156 Å². The molecule has 0 aliphatic carbocycles. The Morgan fingerprint density at radius 1 is 1.23 bits per heavy atom. The molecular weight excluding hydrogens is 356 g/mol. The first-order chi connectivity index (χ1) is 12.1. The van der Waals surface area contributed by atoms with Crippen LogP contribution in [0, 0.1) is 0 Å². The number of carbonyl (C=O) groups excluding carboxylic acids is 3. The lowest BCUT2D eigenvalue weighted by atomic mass is 10.2. The van der Waals surface area contributed by atoms with E-state index in [9.17, 15) is 14.4 Å². The number of likely N-dealkylation sites (N-methyl/N-ethyl adjacent to an activating group) is 1. The highest BCUT2D eigenvalue weighted by atomic mass is 32.2.